The van der Waals surface area contributed by atoms with E-state index in [-0.39, 0.29) is 17.4 Å². The first kappa shape index (κ1) is 16.7. The second kappa shape index (κ2) is 6.42. The summed E-state index contributed by atoms with van der Waals surface area (Å²) in [5.41, 5.74) is 2.71. The molecule has 24 heavy (non-hydrogen) atoms. The molecule has 4 nitrogen and oxygen atoms in total. The summed E-state index contributed by atoms with van der Waals surface area (Å²) in [7, 11) is 0. The van der Waals surface area contributed by atoms with Crippen molar-refractivity contribution in [3.05, 3.63) is 41.6 Å². The third-order valence-corrected chi connectivity index (χ3v) is 4.77. The lowest BCUT2D eigenvalue weighted by molar-refractivity contribution is 0.0865. The SMILES string of the molecule is Cc1cccc(-c2cc(C(=O)N[C@@H]3C[C@@H](C)CC(C)(C)C3)no2)c1. The number of hydrogen-bond donors (Lipinski definition) is 1. The van der Waals surface area contributed by atoms with Gasteiger partial charge in [0.1, 0.15) is 0 Å². The molecule has 1 N–H and O–H groups in total. The summed E-state index contributed by atoms with van der Waals surface area (Å²) in [5, 5.41) is 7.09. The first-order chi connectivity index (χ1) is 11.3. The molecule has 128 valence electrons. The summed E-state index contributed by atoms with van der Waals surface area (Å²) in [6, 6.07) is 9.91. The molecule has 1 saturated carbocycles. The van der Waals surface area contributed by atoms with Crippen LogP contribution in [0.15, 0.2) is 34.9 Å². The second-order valence-corrected chi connectivity index (χ2v) is 8.03. The van der Waals surface area contributed by atoms with Gasteiger partial charge in [-0.05, 0) is 43.6 Å². The van der Waals surface area contributed by atoms with Crippen LogP contribution in [0.25, 0.3) is 11.3 Å². The van der Waals surface area contributed by atoms with Crippen molar-refractivity contribution in [1.82, 2.24) is 10.5 Å². The molecule has 0 bridgehead atoms. The Bertz CT molecular complexity index is 733. The fourth-order valence-electron chi connectivity index (χ4n) is 4.03. The van der Waals surface area contributed by atoms with Gasteiger partial charge in [-0.3, -0.25) is 4.79 Å². The Balaban J connectivity index is 1.70. The van der Waals surface area contributed by atoms with E-state index in [4.69, 9.17) is 4.52 Å². The number of nitrogens with zero attached hydrogens (tertiary/aromatic N) is 1. The molecule has 2 atom stereocenters. The topological polar surface area (TPSA) is 55.1 Å². The van der Waals surface area contributed by atoms with Crippen LogP contribution in [0.4, 0.5) is 0 Å². The number of aromatic nitrogens is 1. The number of nitrogens with one attached hydrogen (secondary N) is 1. The van der Waals surface area contributed by atoms with Crippen molar-refractivity contribution >= 4 is 5.91 Å². The minimum absolute atomic E-state index is 0.146. The molecule has 2 aromatic rings. The van der Waals surface area contributed by atoms with Gasteiger partial charge in [0, 0.05) is 17.7 Å². The van der Waals surface area contributed by atoms with E-state index in [1.807, 2.05) is 31.2 Å². The molecule has 0 spiro atoms. The van der Waals surface area contributed by atoms with Gasteiger partial charge in [-0.2, -0.15) is 0 Å². The lowest BCUT2D eigenvalue weighted by Gasteiger charge is -2.39. The van der Waals surface area contributed by atoms with E-state index >= 15 is 0 Å². The van der Waals surface area contributed by atoms with Crippen molar-refractivity contribution in [2.24, 2.45) is 11.3 Å². The average molecular weight is 326 g/mol. The number of rotatable bonds is 3. The maximum absolute atomic E-state index is 12.5. The van der Waals surface area contributed by atoms with Crippen molar-refractivity contribution in [1.29, 1.82) is 0 Å². The van der Waals surface area contributed by atoms with E-state index in [9.17, 15) is 4.79 Å². The van der Waals surface area contributed by atoms with Crippen LogP contribution in [0, 0.1) is 18.3 Å². The maximum Gasteiger partial charge on any atom is 0.273 e. The first-order valence-electron chi connectivity index (χ1n) is 8.67. The molecule has 1 aliphatic rings. The number of benzene rings is 1. The van der Waals surface area contributed by atoms with Crippen LogP contribution >= 0.6 is 0 Å². The molecule has 4 heteroatoms. The molecule has 1 heterocycles. The van der Waals surface area contributed by atoms with E-state index in [1.54, 1.807) is 6.07 Å². The second-order valence-electron chi connectivity index (χ2n) is 8.03. The van der Waals surface area contributed by atoms with Crippen molar-refractivity contribution in [2.45, 2.75) is 53.0 Å². The van der Waals surface area contributed by atoms with Crippen LogP contribution in [0.1, 0.15) is 56.1 Å². The highest BCUT2D eigenvalue weighted by molar-refractivity contribution is 5.93. The lowest BCUT2D eigenvalue weighted by atomic mass is 9.70. The summed E-state index contributed by atoms with van der Waals surface area (Å²) in [4.78, 5) is 12.5. The Morgan fingerprint density at radius 2 is 2.08 bits per heavy atom. The molecule has 1 aliphatic carbocycles. The zero-order valence-corrected chi connectivity index (χ0v) is 14.9. The fourth-order valence-corrected chi connectivity index (χ4v) is 4.03. The third-order valence-electron chi connectivity index (χ3n) is 4.77. The highest BCUT2D eigenvalue weighted by Gasteiger charge is 2.33. The van der Waals surface area contributed by atoms with Gasteiger partial charge < -0.3 is 9.84 Å². The van der Waals surface area contributed by atoms with E-state index in [1.165, 1.54) is 6.42 Å². The summed E-state index contributed by atoms with van der Waals surface area (Å²) in [6.07, 6.45) is 3.24. The van der Waals surface area contributed by atoms with Crippen molar-refractivity contribution < 1.29 is 9.32 Å². The molecule has 0 aliphatic heterocycles. The molecule has 0 unspecified atom stereocenters. The molecular weight excluding hydrogens is 300 g/mol. The largest absolute Gasteiger partial charge is 0.355 e. The van der Waals surface area contributed by atoms with Gasteiger partial charge in [0.25, 0.3) is 5.91 Å². The molecule has 1 aromatic heterocycles. The van der Waals surface area contributed by atoms with Crippen LogP contribution in [-0.4, -0.2) is 17.1 Å². The monoisotopic (exact) mass is 326 g/mol. The highest BCUT2D eigenvalue weighted by Crippen LogP contribution is 2.38. The van der Waals surface area contributed by atoms with Gasteiger partial charge in [0.05, 0.1) is 0 Å². The molecular formula is C20H26N2O2. The maximum atomic E-state index is 12.5. The number of carbonyl (C=O) groups is 1. The molecule has 1 fully saturated rings. The van der Waals surface area contributed by atoms with Gasteiger partial charge in [-0.25, -0.2) is 0 Å². The van der Waals surface area contributed by atoms with Crippen LogP contribution in [0.2, 0.25) is 0 Å². The van der Waals surface area contributed by atoms with Gasteiger partial charge in [-0.15, -0.1) is 0 Å². The van der Waals surface area contributed by atoms with Crippen molar-refractivity contribution in [3.8, 4) is 11.3 Å². The number of aryl methyl sites for hydroxylation is 1. The zero-order valence-electron chi connectivity index (χ0n) is 14.9. The van der Waals surface area contributed by atoms with Crippen LogP contribution in [0.5, 0.6) is 0 Å². The van der Waals surface area contributed by atoms with Crippen molar-refractivity contribution in [2.75, 3.05) is 0 Å². The number of hydrogen-bond acceptors (Lipinski definition) is 3. The van der Waals surface area contributed by atoms with E-state index in [0.717, 1.165) is 24.0 Å². The van der Waals surface area contributed by atoms with E-state index < -0.39 is 0 Å². The predicted molar refractivity (Wildman–Crippen MR) is 94.7 cm³/mol. The average Bonchev–Trinajstić information content (AvgIpc) is 2.94. The summed E-state index contributed by atoms with van der Waals surface area (Å²) in [6.45, 7) is 8.83. The molecule has 1 amide bonds. The fraction of sp³-hybridized carbons (Fsp3) is 0.500. The smallest absolute Gasteiger partial charge is 0.273 e. The normalized spacial score (nSPS) is 23.0. The Kier molecular flexibility index (Phi) is 4.48. The zero-order chi connectivity index (χ0) is 17.3. The lowest BCUT2D eigenvalue weighted by Crippen LogP contribution is -2.43. The Labute approximate surface area is 143 Å². The molecule has 1 aromatic carbocycles. The first-order valence-corrected chi connectivity index (χ1v) is 8.67. The molecule has 0 radical (unpaired) electrons. The van der Waals surface area contributed by atoms with Gasteiger partial charge in [-0.1, -0.05) is 49.7 Å². The van der Waals surface area contributed by atoms with E-state index in [0.29, 0.717) is 17.4 Å². The van der Waals surface area contributed by atoms with E-state index in [2.05, 4.69) is 31.2 Å². The minimum Gasteiger partial charge on any atom is -0.355 e. The van der Waals surface area contributed by atoms with Crippen LogP contribution in [0.3, 0.4) is 0 Å². The quantitative estimate of drug-likeness (QED) is 0.897. The Morgan fingerprint density at radius 3 is 2.79 bits per heavy atom. The Hall–Kier alpha value is -2.10. The number of carbonyl (C=O) groups excluding carboxylic acids is 1. The van der Waals surface area contributed by atoms with Crippen LogP contribution < -0.4 is 5.32 Å². The minimum atomic E-state index is -0.146. The standard InChI is InChI=1S/C20H26N2O2/c1-13-6-5-7-15(8-13)18-10-17(22-24-18)19(23)21-16-9-14(2)11-20(3,4)12-16/h5-8,10,14,16H,9,11-12H2,1-4H3,(H,21,23)/t14-,16-/m1/s1. The molecule has 3 rings (SSSR count). The van der Waals surface area contributed by atoms with Crippen molar-refractivity contribution in [3.63, 3.8) is 0 Å². The van der Waals surface area contributed by atoms with Crippen LogP contribution in [-0.2, 0) is 0 Å². The Morgan fingerprint density at radius 1 is 1.29 bits per heavy atom. The third kappa shape index (κ3) is 3.86. The van der Waals surface area contributed by atoms with Gasteiger partial charge >= 0.3 is 0 Å². The summed E-state index contributed by atoms with van der Waals surface area (Å²) < 4.78 is 5.37. The summed E-state index contributed by atoms with van der Waals surface area (Å²) >= 11 is 0. The predicted octanol–water partition coefficient (Wildman–Crippen LogP) is 4.59. The summed E-state index contributed by atoms with van der Waals surface area (Å²) in [5.74, 6) is 1.10. The van der Waals surface area contributed by atoms with Gasteiger partial charge in [0.15, 0.2) is 11.5 Å². The van der Waals surface area contributed by atoms with Gasteiger partial charge in [0.2, 0.25) is 0 Å². The highest BCUT2D eigenvalue weighted by atomic mass is 16.5. The molecule has 0 saturated heterocycles. The number of amides is 1.